The van der Waals surface area contributed by atoms with Crippen molar-refractivity contribution < 1.29 is 23.2 Å². The molecule has 0 aromatic carbocycles. The summed E-state index contributed by atoms with van der Waals surface area (Å²) in [6.45, 7) is 0. The second kappa shape index (κ2) is 5.81. The third-order valence-electron chi connectivity index (χ3n) is 2.18. The second-order valence-electron chi connectivity index (χ2n) is 3.32. The van der Waals surface area contributed by atoms with E-state index in [-0.39, 0.29) is 5.56 Å². The number of carbonyl (C=O) groups is 1. The van der Waals surface area contributed by atoms with Crippen molar-refractivity contribution in [1.82, 2.24) is 4.98 Å². The van der Waals surface area contributed by atoms with Gasteiger partial charge in [0.15, 0.2) is 5.69 Å². The highest BCUT2D eigenvalue weighted by molar-refractivity contribution is 5.73. The van der Waals surface area contributed by atoms with E-state index >= 15 is 0 Å². The third kappa shape index (κ3) is 3.19. The minimum atomic E-state index is -3.19. The lowest BCUT2D eigenvalue weighted by Crippen LogP contribution is -2.10. The fourth-order valence-corrected chi connectivity index (χ4v) is 1.32. The van der Waals surface area contributed by atoms with Crippen LogP contribution in [0.1, 0.15) is 23.4 Å². The number of nitriles is 1. The fourth-order valence-electron chi connectivity index (χ4n) is 1.32. The van der Waals surface area contributed by atoms with Gasteiger partial charge in [-0.1, -0.05) is 0 Å². The standard InChI is InChI=1S/C10H7F2N3O4/c1-19-8(16)3-5-2-7(15(17)18)9(10(11)12)14-6(5)4-13/h2,10H,3H2,1H3. The summed E-state index contributed by atoms with van der Waals surface area (Å²) in [5, 5.41) is 19.4. The minimum Gasteiger partial charge on any atom is -0.469 e. The first-order chi connectivity index (χ1) is 8.90. The summed E-state index contributed by atoms with van der Waals surface area (Å²) in [6, 6.07) is 2.25. The molecule has 0 radical (unpaired) electrons. The molecule has 100 valence electrons. The molecule has 0 aliphatic rings. The molecule has 0 saturated carbocycles. The molecule has 0 bridgehead atoms. The predicted octanol–water partition coefficient (Wildman–Crippen LogP) is 1.51. The van der Waals surface area contributed by atoms with Crippen LogP contribution in [0.15, 0.2) is 6.07 Å². The Labute approximate surface area is 105 Å². The Balaban J connectivity index is 3.40. The highest BCUT2D eigenvalue weighted by atomic mass is 19.3. The van der Waals surface area contributed by atoms with Crippen LogP contribution in [-0.2, 0) is 16.0 Å². The van der Waals surface area contributed by atoms with Gasteiger partial charge in [-0.25, -0.2) is 13.8 Å². The van der Waals surface area contributed by atoms with Gasteiger partial charge in [-0.15, -0.1) is 0 Å². The van der Waals surface area contributed by atoms with Crippen molar-refractivity contribution in [2.24, 2.45) is 0 Å². The van der Waals surface area contributed by atoms with E-state index in [1.807, 2.05) is 0 Å². The highest BCUT2D eigenvalue weighted by Gasteiger charge is 2.27. The van der Waals surface area contributed by atoms with Gasteiger partial charge in [-0.05, 0) is 0 Å². The zero-order valence-electron chi connectivity index (χ0n) is 9.59. The number of hydrogen-bond donors (Lipinski definition) is 0. The molecule has 9 heteroatoms. The van der Waals surface area contributed by atoms with E-state index in [1.54, 1.807) is 0 Å². The molecule has 0 saturated heterocycles. The molecule has 1 aromatic rings. The molecule has 1 rings (SSSR count). The fraction of sp³-hybridized carbons (Fsp3) is 0.300. The molecule has 0 aliphatic heterocycles. The number of carbonyl (C=O) groups excluding carboxylic acids is 1. The van der Waals surface area contributed by atoms with Crippen LogP contribution in [0.5, 0.6) is 0 Å². The van der Waals surface area contributed by atoms with Crippen LogP contribution in [0.4, 0.5) is 14.5 Å². The van der Waals surface area contributed by atoms with E-state index in [1.165, 1.54) is 6.07 Å². The zero-order valence-corrected chi connectivity index (χ0v) is 9.59. The van der Waals surface area contributed by atoms with Crippen molar-refractivity contribution in [1.29, 1.82) is 5.26 Å². The predicted molar refractivity (Wildman–Crippen MR) is 56.3 cm³/mol. The van der Waals surface area contributed by atoms with Crippen molar-refractivity contribution in [3.63, 3.8) is 0 Å². The van der Waals surface area contributed by atoms with E-state index in [0.717, 1.165) is 13.2 Å². The number of hydrogen-bond acceptors (Lipinski definition) is 6. The Morgan fingerprint density at radius 3 is 2.74 bits per heavy atom. The minimum absolute atomic E-state index is 0.134. The van der Waals surface area contributed by atoms with Gasteiger partial charge >= 0.3 is 5.97 Å². The topological polar surface area (TPSA) is 106 Å². The maximum absolute atomic E-state index is 12.6. The number of nitro groups is 1. The molecule has 1 aromatic heterocycles. The first-order valence-corrected chi connectivity index (χ1v) is 4.84. The Morgan fingerprint density at radius 1 is 1.68 bits per heavy atom. The van der Waals surface area contributed by atoms with E-state index < -0.39 is 40.8 Å². The lowest BCUT2D eigenvalue weighted by Gasteiger charge is -2.06. The van der Waals surface area contributed by atoms with Gasteiger partial charge in [0.1, 0.15) is 11.8 Å². The highest BCUT2D eigenvalue weighted by Crippen LogP contribution is 2.29. The zero-order chi connectivity index (χ0) is 14.6. The van der Waals surface area contributed by atoms with Gasteiger partial charge < -0.3 is 4.74 Å². The normalized spacial score (nSPS) is 10.1. The maximum atomic E-state index is 12.6. The molecule has 0 atom stereocenters. The first-order valence-electron chi connectivity index (χ1n) is 4.84. The Morgan fingerprint density at radius 2 is 2.32 bits per heavy atom. The van der Waals surface area contributed by atoms with Crippen molar-refractivity contribution in [3.8, 4) is 6.07 Å². The van der Waals surface area contributed by atoms with E-state index in [4.69, 9.17) is 5.26 Å². The van der Waals surface area contributed by atoms with Gasteiger partial charge in [0, 0.05) is 11.6 Å². The smallest absolute Gasteiger partial charge is 0.310 e. The van der Waals surface area contributed by atoms with Crippen molar-refractivity contribution in [2.45, 2.75) is 12.8 Å². The second-order valence-corrected chi connectivity index (χ2v) is 3.32. The number of esters is 1. The molecule has 0 spiro atoms. The van der Waals surface area contributed by atoms with Crippen molar-refractivity contribution in [3.05, 3.63) is 33.1 Å². The van der Waals surface area contributed by atoms with Gasteiger partial charge in [0.05, 0.1) is 18.5 Å². The summed E-state index contributed by atoms with van der Waals surface area (Å²) in [5.74, 6) is -0.766. The number of halogens is 2. The first kappa shape index (κ1) is 14.4. The summed E-state index contributed by atoms with van der Waals surface area (Å²) < 4.78 is 29.5. The molecular weight excluding hydrogens is 264 g/mol. The molecular formula is C10H7F2N3O4. The number of ether oxygens (including phenoxy) is 1. The van der Waals surface area contributed by atoms with Crippen LogP contribution in [0.2, 0.25) is 0 Å². The molecule has 1 heterocycles. The summed E-state index contributed by atoms with van der Waals surface area (Å²) in [5.41, 5.74) is -2.64. The molecule has 0 fully saturated rings. The Kier molecular flexibility index (Phi) is 4.41. The van der Waals surface area contributed by atoms with Gasteiger partial charge in [0.25, 0.3) is 12.1 Å². The van der Waals surface area contributed by atoms with Gasteiger partial charge in [-0.2, -0.15) is 5.26 Å². The molecule has 19 heavy (non-hydrogen) atoms. The maximum Gasteiger partial charge on any atom is 0.310 e. The third-order valence-corrected chi connectivity index (χ3v) is 2.18. The molecule has 0 amide bonds. The van der Waals surface area contributed by atoms with Crippen LogP contribution in [0.25, 0.3) is 0 Å². The number of rotatable bonds is 4. The molecule has 7 nitrogen and oxygen atoms in total. The summed E-state index contributed by atoms with van der Waals surface area (Å²) in [6.07, 6.45) is -3.66. The lowest BCUT2D eigenvalue weighted by molar-refractivity contribution is -0.386. The van der Waals surface area contributed by atoms with E-state index in [2.05, 4.69) is 9.72 Å². The molecule has 0 N–H and O–H groups in total. The number of nitrogens with zero attached hydrogens (tertiary/aromatic N) is 3. The lowest BCUT2D eigenvalue weighted by atomic mass is 10.1. The van der Waals surface area contributed by atoms with Gasteiger partial charge in [-0.3, -0.25) is 14.9 Å². The number of methoxy groups -OCH3 is 1. The number of aromatic nitrogens is 1. The summed E-state index contributed by atoms with van der Waals surface area (Å²) >= 11 is 0. The quantitative estimate of drug-likeness (QED) is 0.466. The average Bonchev–Trinajstić information content (AvgIpc) is 2.37. The van der Waals surface area contributed by atoms with Crippen LogP contribution < -0.4 is 0 Å². The van der Waals surface area contributed by atoms with Gasteiger partial charge in [0.2, 0.25) is 0 Å². The Bertz CT molecular complexity index is 569. The van der Waals surface area contributed by atoms with Crippen LogP contribution in [0, 0.1) is 21.4 Å². The van der Waals surface area contributed by atoms with E-state index in [9.17, 15) is 23.7 Å². The van der Waals surface area contributed by atoms with Crippen LogP contribution in [0.3, 0.4) is 0 Å². The van der Waals surface area contributed by atoms with Crippen LogP contribution >= 0.6 is 0 Å². The van der Waals surface area contributed by atoms with Crippen LogP contribution in [-0.4, -0.2) is 23.0 Å². The monoisotopic (exact) mass is 271 g/mol. The van der Waals surface area contributed by atoms with Crippen molar-refractivity contribution in [2.75, 3.05) is 7.11 Å². The Hall–Kier alpha value is -2.63. The molecule has 0 aliphatic carbocycles. The summed E-state index contributed by atoms with van der Waals surface area (Å²) in [7, 11) is 1.09. The molecule has 0 unspecified atom stereocenters. The number of pyridine rings is 1. The average molecular weight is 271 g/mol. The summed E-state index contributed by atoms with van der Waals surface area (Å²) in [4.78, 5) is 23.9. The van der Waals surface area contributed by atoms with Crippen molar-refractivity contribution >= 4 is 11.7 Å². The largest absolute Gasteiger partial charge is 0.469 e. The number of alkyl halides is 2. The SMILES string of the molecule is COC(=O)Cc1cc([N+](=O)[O-])c(C(F)F)nc1C#N. The van der Waals surface area contributed by atoms with E-state index in [0.29, 0.717) is 0 Å².